The number of nitrogens with zero attached hydrogens (tertiary/aromatic N) is 2. The minimum atomic E-state index is -0.176. The summed E-state index contributed by atoms with van der Waals surface area (Å²) in [6.45, 7) is 3.80. The largest absolute Gasteiger partial charge is 0.321 e. The fourth-order valence-corrected chi connectivity index (χ4v) is 2.77. The number of hydrogen-bond donors (Lipinski definition) is 2. The lowest BCUT2D eigenvalue weighted by molar-refractivity contribution is 0.102. The molecule has 0 bridgehead atoms. The third-order valence-electron chi connectivity index (χ3n) is 2.82. The van der Waals surface area contributed by atoms with Gasteiger partial charge in [-0.05, 0) is 32.0 Å². The summed E-state index contributed by atoms with van der Waals surface area (Å²) in [6, 6.07) is 5.61. The highest BCUT2D eigenvalue weighted by Crippen LogP contribution is 2.20. The molecule has 96 valence electrons. The average Bonchev–Trinajstić information content (AvgIpc) is 2.94. The average molecular weight is 272 g/mol. The number of H-pyrrole nitrogens is 1. The highest BCUT2D eigenvalue weighted by molar-refractivity contribution is 7.11. The standard InChI is InChI=1S/C13H12N4OS/c1-7-12(15-8(2)19-7)13(18)16-10-3-4-11-9(5-10)6-14-17-11/h3-6H,1-2H3,(H,14,17)(H,16,18). The molecule has 0 saturated heterocycles. The van der Waals surface area contributed by atoms with Crippen molar-refractivity contribution in [3.05, 3.63) is 40.0 Å². The van der Waals surface area contributed by atoms with Crippen molar-refractivity contribution < 1.29 is 4.79 Å². The molecule has 0 aliphatic rings. The first-order valence-corrected chi connectivity index (χ1v) is 6.63. The molecule has 2 N–H and O–H groups in total. The zero-order chi connectivity index (χ0) is 13.4. The lowest BCUT2D eigenvalue weighted by Gasteiger charge is -2.03. The van der Waals surface area contributed by atoms with E-state index >= 15 is 0 Å². The highest BCUT2D eigenvalue weighted by Gasteiger charge is 2.14. The van der Waals surface area contributed by atoms with Gasteiger partial charge in [-0.1, -0.05) is 0 Å². The first-order valence-electron chi connectivity index (χ1n) is 5.82. The summed E-state index contributed by atoms with van der Waals surface area (Å²) < 4.78 is 0. The molecule has 0 fully saturated rings. The fraction of sp³-hybridized carbons (Fsp3) is 0.154. The minimum Gasteiger partial charge on any atom is -0.321 e. The fourth-order valence-electron chi connectivity index (χ4n) is 1.95. The van der Waals surface area contributed by atoms with Crippen LogP contribution in [0.25, 0.3) is 10.9 Å². The molecule has 2 heterocycles. The predicted octanol–water partition coefficient (Wildman–Crippen LogP) is 2.89. The third kappa shape index (κ3) is 2.22. The van der Waals surface area contributed by atoms with Gasteiger partial charge in [0.05, 0.1) is 16.7 Å². The Kier molecular flexibility index (Phi) is 2.79. The number of hydrogen-bond acceptors (Lipinski definition) is 4. The second-order valence-corrected chi connectivity index (χ2v) is 5.67. The van der Waals surface area contributed by atoms with Crippen molar-refractivity contribution in [2.75, 3.05) is 5.32 Å². The second kappa shape index (κ2) is 4.47. The number of benzene rings is 1. The third-order valence-corrected chi connectivity index (χ3v) is 3.70. The van der Waals surface area contributed by atoms with Gasteiger partial charge in [0, 0.05) is 16.0 Å². The second-order valence-electron chi connectivity index (χ2n) is 4.26. The number of anilines is 1. The van der Waals surface area contributed by atoms with E-state index in [1.54, 1.807) is 6.20 Å². The lowest BCUT2D eigenvalue weighted by Crippen LogP contribution is -2.13. The number of carbonyl (C=O) groups excluding carboxylic acids is 1. The summed E-state index contributed by atoms with van der Waals surface area (Å²) >= 11 is 1.53. The number of aromatic nitrogens is 3. The molecule has 6 heteroatoms. The van der Waals surface area contributed by atoms with Crippen LogP contribution in [0.1, 0.15) is 20.4 Å². The Morgan fingerprint density at radius 3 is 2.95 bits per heavy atom. The van der Waals surface area contributed by atoms with E-state index in [9.17, 15) is 4.79 Å². The van der Waals surface area contributed by atoms with Gasteiger partial charge in [-0.3, -0.25) is 9.89 Å². The van der Waals surface area contributed by atoms with Gasteiger partial charge in [-0.15, -0.1) is 11.3 Å². The molecule has 0 saturated carbocycles. The monoisotopic (exact) mass is 272 g/mol. The zero-order valence-electron chi connectivity index (χ0n) is 10.5. The molecule has 0 unspecified atom stereocenters. The molecular formula is C13H12N4OS. The molecule has 19 heavy (non-hydrogen) atoms. The summed E-state index contributed by atoms with van der Waals surface area (Å²) in [5.74, 6) is -0.176. The summed E-state index contributed by atoms with van der Waals surface area (Å²) in [5, 5.41) is 11.5. The molecule has 5 nitrogen and oxygen atoms in total. The zero-order valence-corrected chi connectivity index (χ0v) is 11.3. The van der Waals surface area contributed by atoms with Gasteiger partial charge >= 0.3 is 0 Å². The number of rotatable bonds is 2. The van der Waals surface area contributed by atoms with Gasteiger partial charge in [0.1, 0.15) is 5.69 Å². The summed E-state index contributed by atoms with van der Waals surface area (Å²) in [5.41, 5.74) is 2.18. The van der Waals surface area contributed by atoms with Crippen molar-refractivity contribution in [3.8, 4) is 0 Å². The lowest BCUT2D eigenvalue weighted by atomic mass is 10.2. The van der Waals surface area contributed by atoms with Gasteiger partial charge in [-0.2, -0.15) is 5.10 Å². The van der Waals surface area contributed by atoms with Crippen molar-refractivity contribution >= 4 is 33.8 Å². The van der Waals surface area contributed by atoms with Crippen LogP contribution in [0.4, 0.5) is 5.69 Å². The molecule has 3 rings (SSSR count). The number of fused-ring (bicyclic) bond motifs is 1. The summed E-state index contributed by atoms with van der Waals surface area (Å²) in [4.78, 5) is 17.3. The van der Waals surface area contributed by atoms with Crippen LogP contribution in [0.3, 0.4) is 0 Å². The number of thiazole rings is 1. The molecule has 2 aromatic heterocycles. The van der Waals surface area contributed by atoms with Crippen LogP contribution in [0.15, 0.2) is 24.4 Å². The van der Waals surface area contributed by atoms with Crippen LogP contribution >= 0.6 is 11.3 Å². The maximum atomic E-state index is 12.1. The van der Waals surface area contributed by atoms with Crippen LogP contribution in [0.2, 0.25) is 0 Å². The van der Waals surface area contributed by atoms with Crippen LogP contribution in [-0.4, -0.2) is 21.1 Å². The molecule has 0 atom stereocenters. The number of aryl methyl sites for hydroxylation is 2. The van der Waals surface area contributed by atoms with E-state index in [0.717, 1.165) is 26.5 Å². The quantitative estimate of drug-likeness (QED) is 0.753. The maximum Gasteiger partial charge on any atom is 0.275 e. The van der Waals surface area contributed by atoms with E-state index < -0.39 is 0 Å². The summed E-state index contributed by atoms with van der Waals surface area (Å²) in [6.07, 6.45) is 1.73. The van der Waals surface area contributed by atoms with Gasteiger partial charge in [0.2, 0.25) is 0 Å². The van der Waals surface area contributed by atoms with Crippen molar-refractivity contribution in [1.82, 2.24) is 15.2 Å². The smallest absolute Gasteiger partial charge is 0.275 e. The Balaban J connectivity index is 1.88. The van der Waals surface area contributed by atoms with Crippen molar-refractivity contribution in [2.24, 2.45) is 0 Å². The van der Waals surface area contributed by atoms with Gasteiger partial charge in [-0.25, -0.2) is 4.98 Å². The van der Waals surface area contributed by atoms with Crippen LogP contribution in [0.5, 0.6) is 0 Å². The van der Waals surface area contributed by atoms with Crippen molar-refractivity contribution in [2.45, 2.75) is 13.8 Å². The van der Waals surface area contributed by atoms with E-state index in [2.05, 4.69) is 20.5 Å². The molecule has 1 aromatic carbocycles. The molecule has 1 amide bonds. The minimum absolute atomic E-state index is 0.176. The molecule has 3 aromatic rings. The maximum absolute atomic E-state index is 12.1. The van der Waals surface area contributed by atoms with E-state index in [4.69, 9.17) is 0 Å². The Morgan fingerprint density at radius 1 is 1.37 bits per heavy atom. The summed E-state index contributed by atoms with van der Waals surface area (Å²) in [7, 11) is 0. The van der Waals surface area contributed by atoms with E-state index in [1.807, 2.05) is 32.0 Å². The number of aromatic amines is 1. The van der Waals surface area contributed by atoms with Gasteiger partial charge in [0.25, 0.3) is 5.91 Å². The van der Waals surface area contributed by atoms with Crippen molar-refractivity contribution in [3.63, 3.8) is 0 Å². The van der Waals surface area contributed by atoms with Gasteiger partial charge in [0.15, 0.2) is 0 Å². The number of amides is 1. The van der Waals surface area contributed by atoms with Crippen molar-refractivity contribution in [1.29, 1.82) is 0 Å². The van der Waals surface area contributed by atoms with Crippen LogP contribution < -0.4 is 5.32 Å². The Bertz CT molecular complexity index is 759. The van der Waals surface area contributed by atoms with E-state index in [0.29, 0.717) is 5.69 Å². The highest BCUT2D eigenvalue weighted by atomic mass is 32.1. The van der Waals surface area contributed by atoms with E-state index in [-0.39, 0.29) is 5.91 Å². The van der Waals surface area contributed by atoms with Crippen LogP contribution in [-0.2, 0) is 0 Å². The topological polar surface area (TPSA) is 70.7 Å². The number of nitrogens with one attached hydrogen (secondary N) is 2. The molecular weight excluding hydrogens is 260 g/mol. The molecule has 0 spiro atoms. The predicted molar refractivity (Wildman–Crippen MR) is 75.6 cm³/mol. The first kappa shape index (κ1) is 11.9. The Morgan fingerprint density at radius 2 is 2.21 bits per heavy atom. The normalized spacial score (nSPS) is 10.8. The molecule has 0 aliphatic carbocycles. The first-order chi connectivity index (χ1) is 9.13. The Labute approximate surface area is 113 Å². The van der Waals surface area contributed by atoms with E-state index in [1.165, 1.54) is 11.3 Å². The van der Waals surface area contributed by atoms with Crippen LogP contribution in [0, 0.1) is 13.8 Å². The molecule has 0 radical (unpaired) electrons. The Hall–Kier alpha value is -2.21. The van der Waals surface area contributed by atoms with Gasteiger partial charge < -0.3 is 5.32 Å². The SMILES string of the molecule is Cc1nc(C(=O)Nc2ccc3[nH]ncc3c2)c(C)s1. The molecule has 0 aliphatic heterocycles. The number of carbonyl (C=O) groups is 1.